The highest BCUT2D eigenvalue weighted by atomic mass is 16.6. The summed E-state index contributed by atoms with van der Waals surface area (Å²) < 4.78 is 11.3. The standard InChI is InChI=1S/C13H24O3/c1-3-5-12(2,14)11-4-7-16-13(9-11)6-8-15-10-13/h11,14H,3-10H2,1-2H3. The Morgan fingerprint density at radius 3 is 2.88 bits per heavy atom. The molecule has 2 rings (SSSR count). The summed E-state index contributed by atoms with van der Waals surface area (Å²) in [5, 5.41) is 10.5. The first-order valence-corrected chi connectivity index (χ1v) is 6.52. The summed E-state index contributed by atoms with van der Waals surface area (Å²) in [6.07, 6.45) is 4.85. The van der Waals surface area contributed by atoms with Crippen LogP contribution >= 0.6 is 0 Å². The van der Waals surface area contributed by atoms with Crippen LogP contribution in [0, 0.1) is 5.92 Å². The van der Waals surface area contributed by atoms with E-state index in [1.807, 2.05) is 6.92 Å². The molecule has 0 bridgehead atoms. The summed E-state index contributed by atoms with van der Waals surface area (Å²) >= 11 is 0. The van der Waals surface area contributed by atoms with Crippen molar-refractivity contribution >= 4 is 0 Å². The van der Waals surface area contributed by atoms with Crippen LogP contribution in [-0.4, -0.2) is 36.1 Å². The van der Waals surface area contributed by atoms with Crippen molar-refractivity contribution in [3.05, 3.63) is 0 Å². The minimum absolute atomic E-state index is 0.0827. The van der Waals surface area contributed by atoms with Crippen LogP contribution in [0.5, 0.6) is 0 Å². The summed E-state index contributed by atoms with van der Waals surface area (Å²) in [5.41, 5.74) is -0.616. The van der Waals surface area contributed by atoms with Crippen molar-refractivity contribution < 1.29 is 14.6 Å². The SMILES string of the molecule is CCCC(C)(O)C1CCOC2(CCOC2)C1. The molecule has 2 fully saturated rings. The third-order valence-electron chi connectivity index (χ3n) is 4.20. The largest absolute Gasteiger partial charge is 0.390 e. The Morgan fingerprint density at radius 1 is 1.44 bits per heavy atom. The van der Waals surface area contributed by atoms with E-state index < -0.39 is 5.60 Å². The zero-order valence-corrected chi connectivity index (χ0v) is 10.5. The van der Waals surface area contributed by atoms with E-state index in [-0.39, 0.29) is 5.60 Å². The molecule has 0 saturated carbocycles. The van der Waals surface area contributed by atoms with Crippen LogP contribution in [0.4, 0.5) is 0 Å². The zero-order chi connectivity index (χ0) is 11.6. The normalized spacial score (nSPS) is 38.8. The molecule has 0 aromatic heterocycles. The van der Waals surface area contributed by atoms with Crippen LogP contribution < -0.4 is 0 Å². The Balaban J connectivity index is 2.00. The molecule has 1 spiro atoms. The van der Waals surface area contributed by atoms with Gasteiger partial charge in [0.05, 0.1) is 17.8 Å². The molecular weight excluding hydrogens is 204 g/mol. The molecular formula is C13H24O3. The lowest BCUT2D eigenvalue weighted by Gasteiger charge is -2.43. The van der Waals surface area contributed by atoms with Crippen LogP contribution in [-0.2, 0) is 9.47 Å². The van der Waals surface area contributed by atoms with Gasteiger partial charge in [-0.05, 0) is 32.1 Å². The second kappa shape index (κ2) is 4.63. The van der Waals surface area contributed by atoms with E-state index in [0.717, 1.165) is 45.3 Å². The van der Waals surface area contributed by atoms with Gasteiger partial charge in [0.1, 0.15) is 0 Å². The Bertz CT molecular complexity index is 231. The minimum atomic E-state index is -0.534. The van der Waals surface area contributed by atoms with Crippen molar-refractivity contribution in [2.24, 2.45) is 5.92 Å². The fourth-order valence-corrected chi connectivity index (χ4v) is 3.13. The van der Waals surface area contributed by atoms with E-state index in [9.17, 15) is 5.11 Å². The van der Waals surface area contributed by atoms with Crippen LogP contribution in [0.1, 0.15) is 46.0 Å². The van der Waals surface area contributed by atoms with Crippen molar-refractivity contribution in [2.45, 2.75) is 57.2 Å². The highest BCUT2D eigenvalue weighted by molar-refractivity contribution is 4.95. The first-order chi connectivity index (χ1) is 7.58. The average Bonchev–Trinajstić information content (AvgIpc) is 2.66. The fraction of sp³-hybridized carbons (Fsp3) is 1.00. The van der Waals surface area contributed by atoms with Gasteiger partial charge in [-0.3, -0.25) is 0 Å². The van der Waals surface area contributed by atoms with Gasteiger partial charge in [0.15, 0.2) is 0 Å². The third kappa shape index (κ3) is 2.41. The van der Waals surface area contributed by atoms with Gasteiger partial charge < -0.3 is 14.6 Å². The molecule has 0 radical (unpaired) electrons. The van der Waals surface area contributed by atoms with Gasteiger partial charge >= 0.3 is 0 Å². The van der Waals surface area contributed by atoms with Gasteiger partial charge in [-0.2, -0.15) is 0 Å². The Hall–Kier alpha value is -0.120. The second-order valence-corrected chi connectivity index (χ2v) is 5.63. The third-order valence-corrected chi connectivity index (χ3v) is 4.20. The molecule has 0 amide bonds. The molecule has 0 aromatic rings. The maximum absolute atomic E-state index is 10.5. The number of aliphatic hydroxyl groups is 1. The number of ether oxygens (including phenoxy) is 2. The van der Waals surface area contributed by atoms with Gasteiger partial charge in [0.25, 0.3) is 0 Å². The molecule has 0 aliphatic carbocycles. The molecule has 3 nitrogen and oxygen atoms in total. The molecule has 1 N–H and O–H groups in total. The lowest BCUT2D eigenvalue weighted by atomic mass is 9.74. The Labute approximate surface area is 98.1 Å². The van der Waals surface area contributed by atoms with E-state index in [4.69, 9.17) is 9.47 Å². The number of rotatable bonds is 3. The van der Waals surface area contributed by atoms with Gasteiger partial charge in [0, 0.05) is 19.6 Å². The van der Waals surface area contributed by atoms with Crippen molar-refractivity contribution in [1.29, 1.82) is 0 Å². The first kappa shape index (κ1) is 12.3. The molecule has 16 heavy (non-hydrogen) atoms. The second-order valence-electron chi connectivity index (χ2n) is 5.63. The van der Waals surface area contributed by atoms with E-state index >= 15 is 0 Å². The Morgan fingerprint density at radius 2 is 2.25 bits per heavy atom. The van der Waals surface area contributed by atoms with Crippen molar-refractivity contribution in [3.8, 4) is 0 Å². The smallest absolute Gasteiger partial charge is 0.0940 e. The van der Waals surface area contributed by atoms with Gasteiger partial charge in [-0.25, -0.2) is 0 Å². The predicted octanol–water partition coefficient (Wildman–Crippen LogP) is 2.12. The number of hydrogen-bond donors (Lipinski definition) is 1. The maximum Gasteiger partial charge on any atom is 0.0940 e. The van der Waals surface area contributed by atoms with Crippen molar-refractivity contribution in [3.63, 3.8) is 0 Å². The van der Waals surface area contributed by atoms with Crippen LogP contribution in [0.3, 0.4) is 0 Å². The summed E-state index contributed by atoms with van der Waals surface area (Å²) in [6, 6.07) is 0. The molecule has 3 heteroatoms. The first-order valence-electron chi connectivity index (χ1n) is 6.52. The summed E-state index contributed by atoms with van der Waals surface area (Å²) in [6.45, 7) is 6.40. The lowest BCUT2D eigenvalue weighted by molar-refractivity contribution is -0.140. The van der Waals surface area contributed by atoms with Crippen LogP contribution in [0.2, 0.25) is 0 Å². The van der Waals surface area contributed by atoms with Gasteiger partial charge in [0.2, 0.25) is 0 Å². The topological polar surface area (TPSA) is 38.7 Å². The molecule has 2 heterocycles. The predicted molar refractivity (Wildman–Crippen MR) is 62.4 cm³/mol. The maximum atomic E-state index is 10.5. The molecule has 2 aliphatic rings. The zero-order valence-electron chi connectivity index (χ0n) is 10.5. The summed E-state index contributed by atoms with van der Waals surface area (Å²) in [7, 11) is 0. The van der Waals surface area contributed by atoms with Gasteiger partial charge in [-0.15, -0.1) is 0 Å². The monoisotopic (exact) mass is 228 g/mol. The molecule has 0 aromatic carbocycles. The summed E-state index contributed by atoms with van der Waals surface area (Å²) in [5.74, 6) is 0.364. The van der Waals surface area contributed by atoms with Crippen molar-refractivity contribution in [1.82, 2.24) is 0 Å². The fourth-order valence-electron chi connectivity index (χ4n) is 3.13. The Kier molecular flexibility index (Phi) is 3.57. The molecule has 94 valence electrons. The molecule has 2 saturated heterocycles. The summed E-state index contributed by atoms with van der Waals surface area (Å²) in [4.78, 5) is 0. The quantitative estimate of drug-likeness (QED) is 0.804. The van der Waals surface area contributed by atoms with Crippen molar-refractivity contribution in [2.75, 3.05) is 19.8 Å². The molecule has 3 atom stereocenters. The van der Waals surface area contributed by atoms with Crippen LogP contribution in [0.15, 0.2) is 0 Å². The van der Waals surface area contributed by atoms with Gasteiger partial charge in [-0.1, -0.05) is 13.3 Å². The van der Waals surface area contributed by atoms with E-state index in [1.165, 1.54) is 0 Å². The van der Waals surface area contributed by atoms with E-state index in [1.54, 1.807) is 0 Å². The lowest BCUT2D eigenvalue weighted by Crippen LogP contribution is -2.47. The molecule has 3 unspecified atom stereocenters. The average molecular weight is 228 g/mol. The minimum Gasteiger partial charge on any atom is -0.390 e. The highest BCUT2D eigenvalue weighted by Crippen LogP contribution is 2.41. The number of hydrogen-bond acceptors (Lipinski definition) is 3. The van der Waals surface area contributed by atoms with E-state index in [2.05, 4.69) is 6.92 Å². The van der Waals surface area contributed by atoms with E-state index in [0.29, 0.717) is 12.5 Å². The molecule has 2 aliphatic heterocycles. The highest BCUT2D eigenvalue weighted by Gasteiger charge is 2.45. The van der Waals surface area contributed by atoms with Crippen LogP contribution in [0.25, 0.3) is 0 Å².